The topological polar surface area (TPSA) is 84.9 Å². The van der Waals surface area contributed by atoms with Crippen LogP contribution in [0.3, 0.4) is 0 Å². The van der Waals surface area contributed by atoms with E-state index in [1.165, 1.54) is 26.4 Å². The second kappa shape index (κ2) is 6.83. The predicted molar refractivity (Wildman–Crippen MR) is 85.6 cm³/mol. The molecule has 6 nitrogen and oxygen atoms in total. The van der Waals surface area contributed by atoms with Crippen molar-refractivity contribution in [2.75, 3.05) is 19.5 Å². The quantitative estimate of drug-likeness (QED) is 0.886. The first-order valence-corrected chi connectivity index (χ1v) is 6.83. The summed E-state index contributed by atoms with van der Waals surface area (Å²) in [6.07, 6.45) is 0. The van der Waals surface area contributed by atoms with Crippen LogP contribution in [0.1, 0.15) is 26.3 Å². The summed E-state index contributed by atoms with van der Waals surface area (Å²) < 4.78 is 10.3. The van der Waals surface area contributed by atoms with E-state index in [2.05, 4.69) is 5.32 Å². The molecule has 2 N–H and O–H groups in total. The van der Waals surface area contributed by atoms with Gasteiger partial charge in [-0.05, 0) is 42.8 Å². The average Bonchev–Trinajstić information content (AvgIpc) is 2.53. The molecule has 0 heterocycles. The summed E-state index contributed by atoms with van der Waals surface area (Å²) in [5.41, 5.74) is 1.46. The molecule has 23 heavy (non-hydrogen) atoms. The van der Waals surface area contributed by atoms with Gasteiger partial charge in [-0.2, -0.15) is 0 Å². The highest BCUT2D eigenvalue weighted by Crippen LogP contribution is 2.28. The molecule has 0 aliphatic heterocycles. The fourth-order valence-electron chi connectivity index (χ4n) is 2.12. The number of carboxylic acids is 1. The van der Waals surface area contributed by atoms with Gasteiger partial charge in [0.05, 0.1) is 25.5 Å². The van der Waals surface area contributed by atoms with Crippen LogP contribution < -0.4 is 14.8 Å². The van der Waals surface area contributed by atoms with Crippen molar-refractivity contribution in [3.63, 3.8) is 0 Å². The van der Waals surface area contributed by atoms with E-state index < -0.39 is 11.9 Å². The Balaban J connectivity index is 2.33. The number of rotatable bonds is 5. The molecule has 0 bridgehead atoms. The van der Waals surface area contributed by atoms with Gasteiger partial charge in [0.25, 0.3) is 5.91 Å². The smallest absolute Gasteiger partial charge is 0.337 e. The summed E-state index contributed by atoms with van der Waals surface area (Å²) in [6, 6.07) is 9.47. The fraction of sp³-hybridized carbons (Fsp3) is 0.176. The Morgan fingerprint density at radius 3 is 2.30 bits per heavy atom. The van der Waals surface area contributed by atoms with E-state index in [0.717, 1.165) is 5.56 Å². The molecule has 0 fully saturated rings. The van der Waals surface area contributed by atoms with E-state index in [1.807, 2.05) is 6.92 Å². The first-order chi connectivity index (χ1) is 11.0. The predicted octanol–water partition coefficient (Wildman–Crippen LogP) is 2.96. The summed E-state index contributed by atoms with van der Waals surface area (Å²) in [7, 11) is 2.98. The number of carboxylic acid groups (broad SMARTS) is 1. The van der Waals surface area contributed by atoms with Crippen molar-refractivity contribution in [2.24, 2.45) is 0 Å². The number of carbonyl (C=O) groups excluding carboxylic acids is 1. The number of amides is 1. The molecule has 0 radical (unpaired) electrons. The van der Waals surface area contributed by atoms with E-state index in [1.54, 1.807) is 24.3 Å². The van der Waals surface area contributed by atoms with E-state index >= 15 is 0 Å². The molecule has 1 amide bonds. The van der Waals surface area contributed by atoms with Crippen LogP contribution in [0.5, 0.6) is 11.5 Å². The monoisotopic (exact) mass is 315 g/mol. The average molecular weight is 315 g/mol. The van der Waals surface area contributed by atoms with E-state index in [9.17, 15) is 14.7 Å². The van der Waals surface area contributed by atoms with Crippen molar-refractivity contribution in [1.82, 2.24) is 0 Å². The van der Waals surface area contributed by atoms with Crippen LogP contribution in [-0.2, 0) is 0 Å². The third kappa shape index (κ3) is 3.60. The molecule has 0 aromatic heterocycles. The molecule has 0 saturated carbocycles. The number of aryl methyl sites for hydroxylation is 1. The van der Waals surface area contributed by atoms with Crippen molar-refractivity contribution in [1.29, 1.82) is 0 Å². The molecular formula is C17H17NO5. The number of aromatic carboxylic acids is 1. The van der Waals surface area contributed by atoms with Gasteiger partial charge < -0.3 is 19.9 Å². The summed E-state index contributed by atoms with van der Waals surface area (Å²) in [5, 5.41) is 11.8. The third-order valence-electron chi connectivity index (χ3n) is 3.30. The van der Waals surface area contributed by atoms with Crippen molar-refractivity contribution < 1.29 is 24.2 Å². The van der Waals surface area contributed by atoms with Gasteiger partial charge in [-0.25, -0.2) is 4.79 Å². The Kier molecular flexibility index (Phi) is 4.85. The zero-order valence-corrected chi connectivity index (χ0v) is 13.0. The first kappa shape index (κ1) is 16.4. The lowest BCUT2D eigenvalue weighted by molar-refractivity contribution is 0.0698. The van der Waals surface area contributed by atoms with Crippen molar-refractivity contribution in [3.8, 4) is 11.5 Å². The number of anilines is 1. The van der Waals surface area contributed by atoms with Crippen LogP contribution >= 0.6 is 0 Å². The number of methoxy groups -OCH3 is 2. The Hall–Kier alpha value is -3.02. The highest BCUT2D eigenvalue weighted by Gasteiger charge is 2.15. The molecule has 2 aromatic carbocycles. The molecule has 2 rings (SSSR count). The van der Waals surface area contributed by atoms with Gasteiger partial charge in [-0.3, -0.25) is 4.79 Å². The van der Waals surface area contributed by atoms with Gasteiger partial charge >= 0.3 is 5.97 Å². The number of nitrogens with one attached hydrogen (secondary N) is 1. The van der Waals surface area contributed by atoms with Gasteiger partial charge in [-0.1, -0.05) is 6.07 Å². The minimum atomic E-state index is -1.10. The zero-order chi connectivity index (χ0) is 17.0. The van der Waals surface area contributed by atoms with E-state index in [0.29, 0.717) is 17.1 Å². The molecule has 0 spiro atoms. The van der Waals surface area contributed by atoms with Crippen molar-refractivity contribution >= 4 is 17.6 Å². The number of benzene rings is 2. The maximum atomic E-state index is 12.4. The number of hydrogen-bond donors (Lipinski definition) is 2. The lowest BCUT2D eigenvalue weighted by Gasteiger charge is -2.12. The van der Waals surface area contributed by atoms with Gasteiger partial charge in [-0.15, -0.1) is 0 Å². The Morgan fingerprint density at radius 2 is 1.70 bits per heavy atom. The number of ether oxygens (including phenoxy) is 2. The van der Waals surface area contributed by atoms with Gasteiger partial charge in [0.1, 0.15) is 0 Å². The molecule has 0 saturated heterocycles. The van der Waals surface area contributed by atoms with Crippen molar-refractivity contribution in [2.45, 2.75) is 6.92 Å². The first-order valence-electron chi connectivity index (χ1n) is 6.83. The lowest BCUT2D eigenvalue weighted by Crippen LogP contribution is -2.15. The molecule has 6 heteroatoms. The number of carbonyl (C=O) groups is 2. The van der Waals surface area contributed by atoms with Gasteiger partial charge in [0, 0.05) is 5.56 Å². The third-order valence-corrected chi connectivity index (χ3v) is 3.30. The molecule has 0 aliphatic carbocycles. The SMILES string of the molecule is COc1ccc(C(=O)Nc2cc(C)ccc2C(=O)O)cc1OC. The van der Waals surface area contributed by atoms with Crippen LogP contribution in [0, 0.1) is 6.92 Å². The molecule has 0 aliphatic rings. The highest BCUT2D eigenvalue weighted by atomic mass is 16.5. The van der Waals surface area contributed by atoms with E-state index in [4.69, 9.17) is 9.47 Å². The normalized spacial score (nSPS) is 10.0. The second-order valence-corrected chi connectivity index (χ2v) is 4.88. The van der Waals surface area contributed by atoms with Crippen LogP contribution in [0.2, 0.25) is 0 Å². The van der Waals surface area contributed by atoms with Crippen LogP contribution in [0.15, 0.2) is 36.4 Å². The van der Waals surface area contributed by atoms with Crippen LogP contribution in [-0.4, -0.2) is 31.2 Å². The largest absolute Gasteiger partial charge is 0.493 e. The minimum Gasteiger partial charge on any atom is -0.493 e. The lowest BCUT2D eigenvalue weighted by atomic mass is 10.1. The summed E-state index contributed by atoms with van der Waals surface area (Å²) in [6.45, 7) is 1.82. The molecule has 0 atom stereocenters. The van der Waals surface area contributed by atoms with E-state index in [-0.39, 0.29) is 11.3 Å². The molecule has 120 valence electrons. The standard InChI is InChI=1S/C17H17NO5/c1-10-4-6-12(17(20)21)13(8-10)18-16(19)11-5-7-14(22-2)15(9-11)23-3/h4-9H,1-3H3,(H,18,19)(H,20,21). The van der Waals surface area contributed by atoms with Crippen LogP contribution in [0.25, 0.3) is 0 Å². The molecule has 2 aromatic rings. The van der Waals surface area contributed by atoms with Crippen LogP contribution in [0.4, 0.5) is 5.69 Å². The Labute approximate surface area is 133 Å². The Morgan fingerprint density at radius 1 is 1.00 bits per heavy atom. The summed E-state index contributed by atoms with van der Waals surface area (Å²) in [5.74, 6) is -0.611. The molecule has 0 unspecified atom stereocenters. The maximum Gasteiger partial charge on any atom is 0.337 e. The fourth-order valence-corrected chi connectivity index (χ4v) is 2.12. The molecular weight excluding hydrogens is 298 g/mol. The highest BCUT2D eigenvalue weighted by molar-refractivity contribution is 6.08. The minimum absolute atomic E-state index is 0.0319. The summed E-state index contributed by atoms with van der Waals surface area (Å²) in [4.78, 5) is 23.6. The Bertz CT molecular complexity index is 755. The summed E-state index contributed by atoms with van der Waals surface area (Å²) >= 11 is 0. The van der Waals surface area contributed by atoms with Gasteiger partial charge in [0.15, 0.2) is 11.5 Å². The number of hydrogen-bond acceptors (Lipinski definition) is 4. The second-order valence-electron chi connectivity index (χ2n) is 4.88. The zero-order valence-electron chi connectivity index (χ0n) is 13.0. The van der Waals surface area contributed by atoms with Crippen molar-refractivity contribution in [3.05, 3.63) is 53.1 Å². The maximum absolute atomic E-state index is 12.4. The van der Waals surface area contributed by atoms with Gasteiger partial charge in [0.2, 0.25) is 0 Å².